The summed E-state index contributed by atoms with van der Waals surface area (Å²) < 4.78 is 0.929. The summed E-state index contributed by atoms with van der Waals surface area (Å²) in [6, 6.07) is 0. The number of rotatable bonds is 0. The van der Waals surface area contributed by atoms with Gasteiger partial charge in [-0.3, -0.25) is 0 Å². The Labute approximate surface area is 91.4 Å². The van der Waals surface area contributed by atoms with E-state index in [1.807, 2.05) is 0 Å². The third kappa shape index (κ3) is 0.394. The van der Waals surface area contributed by atoms with Gasteiger partial charge in [0.15, 0.2) is 0 Å². The molecular formula is C11H13IO. The maximum Gasteiger partial charge on any atom is 0.0687 e. The van der Waals surface area contributed by atoms with Crippen LogP contribution in [0.1, 0.15) is 6.92 Å². The van der Waals surface area contributed by atoms with Gasteiger partial charge in [-0.1, -0.05) is 22.6 Å². The summed E-state index contributed by atoms with van der Waals surface area (Å²) in [5.41, 5.74) is -0.254. The van der Waals surface area contributed by atoms with Gasteiger partial charge < -0.3 is 5.11 Å². The molecule has 0 saturated heterocycles. The highest BCUT2D eigenvalue weighted by Crippen LogP contribution is 2.91. The van der Waals surface area contributed by atoms with Crippen molar-refractivity contribution in [2.45, 2.75) is 16.4 Å². The molecule has 0 aromatic heterocycles. The van der Waals surface area contributed by atoms with Gasteiger partial charge in [0, 0.05) is 3.92 Å². The predicted octanol–water partition coefficient (Wildman–Crippen LogP) is 1.54. The van der Waals surface area contributed by atoms with Crippen LogP contribution in [0.4, 0.5) is 0 Å². The highest BCUT2D eigenvalue weighted by molar-refractivity contribution is 14.1. The molecule has 0 amide bonds. The van der Waals surface area contributed by atoms with Crippen LogP contribution in [0.15, 0.2) is 0 Å². The lowest BCUT2D eigenvalue weighted by atomic mass is 9.41. The lowest BCUT2D eigenvalue weighted by molar-refractivity contribution is -0.177. The molecule has 6 rings (SSSR count). The van der Waals surface area contributed by atoms with E-state index >= 15 is 0 Å². The summed E-state index contributed by atoms with van der Waals surface area (Å²) in [5, 5.41) is 10.5. The maximum atomic E-state index is 10.5. The molecule has 2 heteroatoms. The highest BCUT2D eigenvalue weighted by atomic mass is 127. The van der Waals surface area contributed by atoms with Crippen LogP contribution in [0.3, 0.4) is 0 Å². The average Bonchev–Trinajstić information content (AvgIpc) is 2.42. The van der Waals surface area contributed by atoms with Crippen molar-refractivity contribution in [2.75, 3.05) is 0 Å². The molecule has 10 atom stereocenters. The van der Waals surface area contributed by atoms with Crippen molar-refractivity contribution >= 4 is 22.6 Å². The average molecular weight is 288 g/mol. The molecule has 0 radical (unpaired) electrons. The van der Waals surface area contributed by atoms with E-state index in [1.54, 1.807) is 0 Å². The van der Waals surface area contributed by atoms with Gasteiger partial charge in [0.1, 0.15) is 0 Å². The lowest BCUT2D eigenvalue weighted by Gasteiger charge is -2.63. The van der Waals surface area contributed by atoms with Gasteiger partial charge in [-0.05, 0) is 54.3 Å². The van der Waals surface area contributed by atoms with Gasteiger partial charge in [0.05, 0.1) is 5.60 Å². The van der Waals surface area contributed by atoms with Crippen molar-refractivity contribution < 1.29 is 5.11 Å². The molecule has 0 unspecified atom stereocenters. The third-order valence-electron chi connectivity index (χ3n) is 6.41. The molecule has 0 aromatic carbocycles. The van der Waals surface area contributed by atoms with Crippen molar-refractivity contribution in [3.63, 3.8) is 0 Å². The lowest BCUT2D eigenvalue weighted by Crippen LogP contribution is -2.61. The van der Waals surface area contributed by atoms with Gasteiger partial charge in [-0.25, -0.2) is 0 Å². The first-order valence-corrected chi connectivity index (χ1v) is 6.76. The van der Waals surface area contributed by atoms with E-state index in [-0.39, 0.29) is 5.60 Å². The molecule has 13 heavy (non-hydrogen) atoms. The quantitative estimate of drug-likeness (QED) is 0.529. The van der Waals surface area contributed by atoms with E-state index < -0.39 is 0 Å². The first-order chi connectivity index (χ1) is 6.15. The molecule has 4 bridgehead atoms. The smallest absolute Gasteiger partial charge is 0.0687 e. The number of hydrogen-bond donors (Lipinski definition) is 1. The van der Waals surface area contributed by atoms with Crippen LogP contribution in [0, 0.1) is 47.3 Å². The van der Waals surface area contributed by atoms with Gasteiger partial charge in [0.2, 0.25) is 0 Å². The van der Waals surface area contributed by atoms with Crippen LogP contribution in [-0.4, -0.2) is 14.6 Å². The van der Waals surface area contributed by atoms with Crippen LogP contribution >= 0.6 is 22.6 Å². The molecular weight excluding hydrogens is 275 g/mol. The van der Waals surface area contributed by atoms with Crippen LogP contribution < -0.4 is 0 Å². The molecule has 0 aromatic rings. The fraction of sp³-hybridized carbons (Fsp3) is 1.00. The van der Waals surface area contributed by atoms with Crippen molar-refractivity contribution in [2.24, 2.45) is 47.3 Å². The second-order valence-electron chi connectivity index (χ2n) is 6.19. The van der Waals surface area contributed by atoms with Gasteiger partial charge >= 0.3 is 0 Å². The van der Waals surface area contributed by atoms with E-state index in [4.69, 9.17) is 0 Å². The second-order valence-corrected chi connectivity index (χ2v) is 7.62. The molecule has 1 nitrogen and oxygen atoms in total. The molecule has 0 heterocycles. The van der Waals surface area contributed by atoms with Crippen LogP contribution in [0.5, 0.6) is 0 Å². The molecule has 0 spiro atoms. The summed E-state index contributed by atoms with van der Waals surface area (Å²) in [4.78, 5) is 0. The zero-order valence-corrected chi connectivity index (χ0v) is 9.68. The predicted molar refractivity (Wildman–Crippen MR) is 56.4 cm³/mol. The Bertz CT molecular complexity index is 337. The number of aliphatic hydroxyl groups is 1. The molecule has 6 fully saturated rings. The molecule has 70 valence electrons. The Morgan fingerprint density at radius 2 is 1.46 bits per heavy atom. The molecule has 1 N–H and O–H groups in total. The van der Waals surface area contributed by atoms with Crippen molar-refractivity contribution in [1.82, 2.24) is 0 Å². The maximum absolute atomic E-state index is 10.5. The van der Waals surface area contributed by atoms with Gasteiger partial charge in [0.25, 0.3) is 0 Å². The Balaban J connectivity index is 1.83. The fourth-order valence-electron chi connectivity index (χ4n) is 6.57. The zero-order valence-electron chi connectivity index (χ0n) is 7.52. The molecule has 6 saturated carbocycles. The summed E-state index contributed by atoms with van der Waals surface area (Å²) >= 11 is 2.68. The topological polar surface area (TPSA) is 20.2 Å². The van der Waals surface area contributed by atoms with Crippen LogP contribution in [-0.2, 0) is 0 Å². The monoisotopic (exact) mass is 288 g/mol. The third-order valence-corrected chi connectivity index (χ3v) is 8.07. The molecule has 6 aliphatic carbocycles. The summed E-state index contributed by atoms with van der Waals surface area (Å²) in [6.45, 7) is 2.13. The van der Waals surface area contributed by atoms with Crippen molar-refractivity contribution in [3.05, 3.63) is 0 Å². The minimum Gasteiger partial charge on any atom is -0.390 e. The van der Waals surface area contributed by atoms with Gasteiger partial charge in [-0.2, -0.15) is 0 Å². The summed E-state index contributed by atoms with van der Waals surface area (Å²) in [7, 11) is 0. The summed E-state index contributed by atoms with van der Waals surface area (Å²) in [6.07, 6.45) is 0. The Morgan fingerprint density at radius 3 is 2.00 bits per heavy atom. The number of halogens is 1. The first-order valence-electron chi connectivity index (χ1n) is 5.52. The van der Waals surface area contributed by atoms with Crippen LogP contribution in [0.25, 0.3) is 0 Å². The van der Waals surface area contributed by atoms with E-state index in [0.717, 1.165) is 45.3 Å². The molecule has 6 aliphatic rings. The van der Waals surface area contributed by atoms with Crippen LogP contribution in [0.2, 0.25) is 0 Å². The minimum absolute atomic E-state index is 0.254. The summed E-state index contributed by atoms with van der Waals surface area (Å²) in [5.74, 6) is 7.38. The fourth-order valence-corrected chi connectivity index (χ4v) is 8.45. The Kier molecular flexibility index (Phi) is 0.828. The number of hydrogen-bond acceptors (Lipinski definition) is 1. The SMILES string of the molecule is C[C@@]1(O)[C@@H]2[C@H]3[C@@H]4[C@@H]5[C@@H](I)[C@@H]([C@H]42)[C@H]1[C@@H]53. The highest BCUT2D eigenvalue weighted by Gasteiger charge is 2.91. The first kappa shape index (κ1) is 7.04. The zero-order chi connectivity index (χ0) is 8.70. The second kappa shape index (κ2) is 1.53. The normalized spacial score (nSPS) is 90.2. The van der Waals surface area contributed by atoms with E-state index in [9.17, 15) is 5.11 Å². The van der Waals surface area contributed by atoms with Crippen molar-refractivity contribution in [1.29, 1.82) is 0 Å². The van der Waals surface area contributed by atoms with E-state index in [0.29, 0.717) is 5.92 Å². The van der Waals surface area contributed by atoms with E-state index in [1.165, 1.54) is 0 Å². The van der Waals surface area contributed by atoms with E-state index in [2.05, 4.69) is 29.5 Å². The standard InChI is InChI=1S/C11H13IO/c1-11(13)8-3-2-4(8)7-9(11)5(3)6(2)10(7)12/h2-10,13H,1H3/t2-,3-,4-,5+,6-,7-,8+,9+,10+,11+/m0/s1. The minimum atomic E-state index is -0.254. The van der Waals surface area contributed by atoms with Gasteiger partial charge in [-0.15, -0.1) is 0 Å². The Morgan fingerprint density at radius 1 is 0.923 bits per heavy atom. The Hall–Kier alpha value is 0.690. The number of alkyl halides is 1. The molecule has 0 aliphatic heterocycles. The van der Waals surface area contributed by atoms with Crippen molar-refractivity contribution in [3.8, 4) is 0 Å². The largest absolute Gasteiger partial charge is 0.390 e.